The van der Waals surface area contributed by atoms with Crippen LogP contribution < -0.4 is 26.0 Å². The van der Waals surface area contributed by atoms with Gasteiger partial charge in [-0.05, 0) is 81.0 Å². The van der Waals surface area contributed by atoms with Crippen molar-refractivity contribution in [3.8, 4) is 17.6 Å². The molecule has 1 aliphatic carbocycles. The molecular weight excluding hydrogens is 559 g/mol. The number of halogens is 3. The highest BCUT2D eigenvalue weighted by Gasteiger charge is 2.30. The predicted molar refractivity (Wildman–Crippen MR) is 164 cm³/mol. The Hall–Kier alpha value is -3.88. The third kappa shape index (κ3) is 8.81. The SMILES string of the molecule is CNC(=O)c1ccc(NCC#Cc2cc3c(NC4CCC(NCCCOC)CC4)cccc3n2CC(F)(F)F)c(OC)c1. The van der Waals surface area contributed by atoms with Gasteiger partial charge in [-0.3, -0.25) is 4.79 Å². The number of ether oxygens (including phenoxy) is 2. The minimum Gasteiger partial charge on any atom is -0.495 e. The molecule has 1 amide bonds. The molecule has 4 N–H and O–H groups in total. The minimum absolute atomic E-state index is 0.164. The number of alkyl halides is 3. The molecule has 3 aromatic rings. The lowest BCUT2D eigenvalue weighted by molar-refractivity contribution is -0.140. The molecule has 1 fully saturated rings. The first kappa shape index (κ1) is 32.0. The average molecular weight is 600 g/mol. The van der Waals surface area contributed by atoms with Crippen molar-refractivity contribution in [1.82, 2.24) is 15.2 Å². The molecule has 1 aromatic heterocycles. The molecule has 1 aliphatic rings. The zero-order valence-electron chi connectivity index (χ0n) is 24.9. The Bertz CT molecular complexity index is 1440. The molecule has 0 atom stereocenters. The van der Waals surface area contributed by atoms with Crippen LogP contribution in [0.5, 0.6) is 5.75 Å². The number of fused-ring (bicyclic) bond motifs is 1. The summed E-state index contributed by atoms with van der Waals surface area (Å²) in [6.45, 7) is 0.705. The number of hydrogen-bond donors (Lipinski definition) is 4. The molecule has 43 heavy (non-hydrogen) atoms. The number of aromatic nitrogens is 1. The first-order chi connectivity index (χ1) is 20.7. The second-order valence-electron chi connectivity index (χ2n) is 10.6. The Morgan fingerprint density at radius 2 is 1.81 bits per heavy atom. The number of benzene rings is 2. The molecule has 0 spiro atoms. The summed E-state index contributed by atoms with van der Waals surface area (Å²) in [4.78, 5) is 11.9. The fourth-order valence-corrected chi connectivity index (χ4v) is 5.45. The van der Waals surface area contributed by atoms with Crippen LogP contribution in [0.15, 0.2) is 42.5 Å². The molecule has 2 aromatic carbocycles. The molecule has 0 bridgehead atoms. The van der Waals surface area contributed by atoms with Gasteiger partial charge >= 0.3 is 6.18 Å². The van der Waals surface area contributed by atoms with Gasteiger partial charge < -0.3 is 35.3 Å². The normalized spacial score (nSPS) is 16.8. The standard InChI is InChI=1S/C32H40F3N5O3/c1-36-31(41)22-10-15-28(30(19-22)43-3)38-16-5-7-25-20-26-27(8-4-9-29(26)40(25)21-32(33,34)35)39-24-13-11-23(12-14-24)37-17-6-18-42-2/h4,8-10,15,19-20,23-24,37-39H,6,11-14,16-18,21H2,1-3H3,(H,36,41). The lowest BCUT2D eigenvalue weighted by Crippen LogP contribution is -2.37. The van der Waals surface area contributed by atoms with Crippen LogP contribution in [-0.4, -0.2) is 69.7 Å². The molecule has 11 heteroatoms. The topological polar surface area (TPSA) is 88.6 Å². The van der Waals surface area contributed by atoms with Crippen molar-refractivity contribution >= 4 is 28.2 Å². The van der Waals surface area contributed by atoms with Crippen LogP contribution >= 0.6 is 0 Å². The van der Waals surface area contributed by atoms with E-state index in [2.05, 4.69) is 33.1 Å². The summed E-state index contributed by atoms with van der Waals surface area (Å²) in [7, 11) is 4.74. The average Bonchev–Trinajstić information content (AvgIpc) is 3.34. The van der Waals surface area contributed by atoms with Crippen LogP contribution in [-0.2, 0) is 11.3 Å². The maximum absolute atomic E-state index is 13.6. The summed E-state index contributed by atoms with van der Waals surface area (Å²) in [6.07, 6.45) is 0.615. The van der Waals surface area contributed by atoms with Crippen LogP contribution in [0.4, 0.5) is 24.5 Å². The molecule has 232 valence electrons. The van der Waals surface area contributed by atoms with Gasteiger partial charge in [0.2, 0.25) is 0 Å². The summed E-state index contributed by atoms with van der Waals surface area (Å²) in [5.41, 5.74) is 2.65. The van der Waals surface area contributed by atoms with Crippen molar-refractivity contribution in [2.45, 2.75) is 56.9 Å². The highest BCUT2D eigenvalue weighted by atomic mass is 19.4. The molecule has 1 saturated carbocycles. The molecule has 0 unspecified atom stereocenters. The Labute approximate surface area is 250 Å². The van der Waals surface area contributed by atoms with Gasteiger partial charge in [-0.15, -0.1) is 0 Å². The van der Waals surface area contributed by atoms with Gasteiger partial charge in [-0.25, -0.2) is 0 Å². The lowest BCUT2D eigenvalue weighted by atomic mass is 9.91. The number of carbonyl (C=O) groups is 1. The number of methoxy groups -OCH3 is 2. The van der Waals surface area contributed by atoms with Crippen molar-refractivity contribution in [3.63, 3.8) is 0 Å². The van der Waals surface area contributed by atoms with E-state index in [-0.39, 0.29) is 24.2 Å². The first-order valence-electron chi connectivity index (χ1n) is 14.5. The number of nitrogens with zero attached hydrogens (tertiary/aromatic N) is 1. The molecular formula is C32H40F3N5O3. The Balaban J connectivity index is 1.48. The van der Waals surface area contributed by atoms with Crippen LogP contribution in [0.3, 0.4) is 0 Å². The van der Waals surface area contributed by atoms with E-state index in [0.717, 1.165) is 56.3 Å². The van der Waals surface area contributed by atoms with E-state index in [0.29, 0.717) is 28.6 Å². The molecule has 1 heterocycles. The van der Waals surface area contributed by atoms with Crippen molar-refractivity contribution in [1.29, 1.82) is 0 Å². The fraction of sp³-hybridized carbons (Fsp3) is 0.469. The highest BCUT2D eigenvalue weighted by Crippen LogP contribution is 2.32. The zero-order valence-corrected chi connectivity index (χ0v) is 24.9. The third-order valence-corrected chi connectivity index (χ3v) is 7.60. The lowest BCUT2D eigenvalue weighted by Gasteiger charge is -2.30. The van der Waals surface area contributed by atoms with Crippen molar-refractivity contribution in [2.24, 2.45) is 0 Å². The van der Waals surface area contributed by atoms with E-state index in [1.807, 2.05) is 6.07 Å². The number of rotatable bonds is 12. The summed E-state index contributed by atoms with van der Waals surface area (Å²) in [6, 6.07) is 12.8. The van der Waals surface area contributed by atoms with E-state index in [9.17, 15) is 18.0 Å². The number of hydrogen-bond acceptors (Lipinski definition) is 6. The molecule has 0 saturated heterocycles. The first-order valence-corrected chi connectivity index (χ1v) is 14.5. The summed E-state index contributed by atoms with van der Waals surface area (Å²) in [5.74, 6) is 6.10. The number of carbonyl (C=O) groups excluding carboxylic acids is 1. The molecule has 0 aliphatic heterocycles. The van der Waals surface area contributed by atoms with Gasteiger partial charge in [0.1, 0.15) is 12.3 Å². The second kappa shape index (κ2) is 15.0. The fourth-order valence-electron chi connectivity index (χ4n) is 5.45. The maximum atomic E-state index is 13.6. The van der Waals surface area contributed by atoms with E-state index >= 15 is 0 Å². The van der Waals surface area contributed by atoms with E-state index < -0.39 is 12.7 Å². The molecule has 0 radical (unpaired) electrons. The van der Waals surface area contributed by atoms with Crippen molar-refractivity contribution in [2.75, 3.05) is 51.6 Å². The van der Waals surface area contributed by atoms with Gasteiger partial charge in [-0.1, -0.05) is 12.0 Å². The van der Waals surface area contributed by atoms with E-state index in [4.69, 9.17) is 9.47 Å². The largest absolute Gasteiger partial charge is 0.495 e. The van der Waals surface area contributed by atoms with Crippen LogP contribution in [0, 0.1) is 11.8 Å². The smallest absolute Gasteiger partial charge is 0.406 e. The van der Waals surface area contributed by atoms with Crippen molar-refractivity contribution in [3.05, 3.63) is 53.7 Å². The van der Waals surface area contributed by atoms with Gasteiger partial charge in [0, 0.05) is 49.5 Å². The summed E-state index contributed by atoms with van der Waals surface area (Å²) in [5, 5.41) is 13.6. The highest BCUT2D eigenvalue weighted by molar-refractivity contribution is 5.95. The minimum atomic E-state index is -4.40. The maximum Gasteiger partial charge on any atom is 0.406 e. The predicted octanol–water partition coefficient (Wildman–Crippen LogP) is 5.38. The molecule has 4 rings (SSSR count). The Kier molecular flexibility index (Phi) is 11.2. The van der Waals surface area contributed by atoms with Crippen LogP contribution in [0.2, 0.25) is 0 Å². The number of anilines is 2. The quantitative estimate of drug-likeness (QED) is 0.165. The second-order valence-corrected chi connectivity index (χ2v) is 10.6. The van der Waals surface area contributed by atoms with Gasteiger partial charge in [0.15, 0.2) is 0 Å². The Morgan fingerprint density at radius 1 is 1.05 bits per heavy atom. The van der Waals surface area contributed by atoms with Crippen LogP contribution in [0.25, 0.3) is 10.9 Å². The van der Waals surface area contributed by atoms with Crippen molar-refractivity contribution < 1.29 is 27.4 Å². The number of amides is 1. The van der Waals surface area contributed by atoms with Gasteiger partial charge in [-0.2, -0.15) is 13.2 Å². The Morgan fingerprint density at radius 3 is 2.51 bits per heavy atom. The van der Waals surface area contributed by atoms with Gasteiger partial charge in [0.25, 0.3) is 5.91 Å². The van der Waals surface area contributed by atoms with Crippen LogP contribution in [0.1, 0.15) is 48.2 Å². The van der Waals surface area contributed by atoms with E-state index in [1.165, 1.54) is 11.7 Å². The summed E-state index contributed by atoms with van der Waals surface area (Å²) >= 11 is 0. The zero-order chi connectivity index (χ0) is 30.8. The van der Waals surface area contributed by atoms with E-state index in [1.54, 1.807) is 50.6 Å². The number of nitrogens with one attached hydrogen (secondary N) is 4. The monoisotopic (exact) mass is 599 g/mol. The van der Waals surface area contributed by atoms with Gasteiger partial charge in [0.05, 0.1) is 30.6 Å². The third-order valence-electron chi connectivity index (χ3n) is 7.60. The molecule has 8 nitrogen and oxygen atoms in total. The summed E-state index contributed by atoms with van der Waals surface area (Å²) < 4.78 is 52.6.